The van der Waals surface area contributed by atoms with Crippen molar-refractivity contribution in [3.63, 3.8) is 0 Å². The normalized spacial score (nSPS) is 10.0. The van der Waals surface area contributed by atoms with E-state index in [9.17, 15) is 19.7 Å². The highest BCUT2D eigenvalue weighted by Crippen LogP contribution is 2.22. The van der Waals surface area contributed by atoms with Crippen molar-refractivity contribution in [2.75, 3.05) is 13.2 Å². The minimum absolute atomic E-state index is 0.0220. The number of ether oxygens (including phenoxy) is 1. The number of nitrogens with zero attached hydrogens (tertiary/aromatic N) is 1. The zero-order valence-corrected chi connectivity index (χ0v) is 13.0. The zero-order chi connectivity index (χ0) is 17.5. The number of carbonyl (C=O) groups excluding carboxylic acids is 2. The Balaban J connectivity index is 2.03. The molecule has 0 aliphatic rings. The van der Waals surface area contributed by atoms with Crippen LogP contribution >= 0.6 is 0 Å². The minimum atomic E-state index is -0.492. The van der Waals surface area contributed by atoms with Crippen LogP contribution in [0.3, 0.4) is 0 Å². The number of carbonyl (C=O) groups is 2. The van der Waals surface area contributed by atoms with Crippen LogP contribution in [-0.2, 0) is 9.53 Å². The molecular formula is C17H16N2O5. The molecule has 0 heterocycles. The lowest BCUT2D eigenvalue weighted by atomic mass is 10.0. The Labute approximate surface area is 138 Å². The summed E-state index contributed by atoms with van der Waals surface area (Å²) in [7, 11) is 0. The molecule has 0 aliphatic carbocycles. The largest absolute Gasteiger partial charge is 0.465 e. The number of esters is 1. The average Bonchev–Trinajstić information content (AvgIpc) is 2.60. The first-order valence-corrected chi connectivity index (χ1v) is 7.30. The van der Waals surface area contributed by atoms with Crippen LogP contribution in [0.4, 0.5) is 5.69 Å². The van der Waals surface area contributed by atoms with E-state index in [0.29, 0.717) is 5.56 Å². The van der Waals surface area contributed by atoms with Gasteiger partial charge in [0, 0.05) is 17.7 Å². The molecule has 2 rings (SSSR count). The van der Waals surface area contributed by atoms with E-state index in [1.54, 1.807) is 43.3 Å². The number of nitro groups is 1. The number of nitrogens with one attached hydrogen (secondary N) is 1. The van der Waals surface area contributed by atoms with Crippen molar-refractivity contribution >= 4 is 17.6 Å². The standard InChI is InChI=1S/C17H16N2O5/c1-2-24-16(20)11-18-17(21)14-5-3-12(4-6-14)13-7-9-15(10-8-13)19(22)23/h3-10H,2,11H2,1H3,(H,18,21). The van der Waals surface area contributed by atoms with Crippen LogP contribution in [0, 0.1) is 10.1 Å². The Morgan fingerprint density at radius 3 is 2.08 bits per heavy atom. The van der Waals surface area contributed by atoms with Crippen molar-refractivity contribution in [1.29, 1.82) is 0 Å². The molecule has 0 spiro atoms. The third-order valence-electron chi connectivity index (χ3n) is 3.26. The van der Waals surface area contributed by atoms with E-state index in [2.05, 4.69) is 5.32 Å². The maximum Gasteiger partial charge on any atom is 0.325 e. The second-order valence-electron chi connectivity index (χ2n) is 4.87. The molecule has 0 bridgehead atoms. The first-order valence-electron chi connectivity index (χ1n) is 7.30. The van der Waals surface area contributed by atoms with Gasteiger partial charge in [-0.15, -0.1) is 0 Å². The van der Waals surface area contributed by atoms with E-state index in [1.807, 2.05) is 0 Å². The van der Waals surface area contributed by atoms with E-state index in [1.165, 1.54) is 12.1 Å². The molecule has 2 aromatic carbocycles. The predicted octanol–water partition coefficient (Wildman–Crippen LogP) is 2.55. The van der Waals surface area contributed by atoms with Gasteiger partial charge in [0.05, 0.1) is 11.5 Å². The summed E-state index contributed by atoms with van der Waals surface area (Å²) < 4.78 is 4.73. The number of amides is 1. The Kier molecular flexibility index (Phi) is 5.62. The summed E-state index contributed by atoms with van der Waals surface area (Å²) in [6.07, 6.45) is 0. The highest BCUT2D eigenvalue weighted by molar-refractivity contribution is 5.96. The lowest BCUT2D eigenvalue weighted by Crippen LogP contribution is -2.30. The van der Waals surface area contributed by atoms with Crippen LogP contribution in [0.25, 0.3) is 11.1 Å². The van der Waals surface area contributed by atoms with Crippen molar-refractivity contribution < 1.29 is 19.2 Å². The van der Waals surface area contributed by atoms with Gasteiger partial charge in [0.1, 0.15) is 6.54 Å². The van der Waals surface area contributed by atoms with E-state index >= 15 is 0 Å². The summed E-state index contributed by atoms with van der Waals surface area (Å²) in [5.41, 5.74) is 2.06. The molecule has 1 amide bonds. The van der Waals surface area contributed by atoms with E-state index in [4.69, 9.17) is 4.74 Å². The lowest BCUT2D eigenvalue weighted by Gasteiger charge is -2.06. The highest BCUT2D eigenvalue weighted by atomic mass is 16.6. The van der Waals surface area contributed by atoms with Crippen LogP contribution in [0.5, 0.6) is 0 Å². The first kappa shape index (κ1) is 17.1. The molecule has 0 atom stereocenters. The Morgan fingerprint density at radius 1 is 1.04 bits per heavy atom. The number of benzene rings is 2. The van der Waals surface area contributed by atoms with Crippen molar-refractivity contribution in [3.05, 3.63) is 64.2 Å². The summed E-state index contributed by atoms with van der Waals surface area (Å²) in [6, 6.07) is 12.9. The predicted molar refractivity (Wildman–Crippen MR) is 87.5 cm³/mol. The van der Waals surface area contributed by atoms with Crippen LogP contribution in [-0.4, -0.2) is 30.0 Å². The third-order valence-corrected chi connectivity index (χ3v) is 3.26. The van der Waals surface area contributed by atoms with Crippen molar-refractivity contribution in [3.8, 4) is 11.1 Å². The molecule has 0 fully saturated rings. The molecular weight excluding hydrogens is 312 g/mol. The van der Waals surface area contributed by atoms with Gasteiger partial charge in [0.15, 0.2) is 0 Å². The topological polar surface area (TPSA) is 98.5 Å². The van der Waals surface area contributed by atoms with E-state index in [-0.39, 0.29) is 24.7 Å². The fraction of sp³-hybridized carbons (Fsp3) is 0.176. The van der Waals surface area contributed by atoms with Gasteiger partial charge in [0.2, 0.25) is 0 Å². The number of nitro benzene ring substituents is 1. The Bertz CT molecular complexity index is 739. The van der Waals surface area contributed by atoms with Gasteiger partial charge in [0.25, 0.3) is 11.6 Å². The Hall–Kier alpha value is -3.22. The van der Waals surface area contributed by atoms with Crippen molar-refractivity contribution in [1.82, 2.24) is 5.32 Å². The quantitative estimate of drug-likeness (QED) is 0.499. The molecule has 0 saturated heterocycles. The first-order chi connectivity index (χ1) is 11.5. The molecule has 1 N–H and O–H groups in total. The molecule has 7 nitrogen and oxygen atoms in total. The van der Waals surface area contributed by atoms with Gasteiger partial charge in [-0.2, -0.15) is 0 Å². The number of hydrogen-bond donors (Lipinski definition) is 1. The van der Waals surface area contributed by atoms with Crippen molar-refractivity contribution in [2.45, 2.75) is 6.92 Å². The van der Waals surface area contributed by atoms with Crippen LogP contribution < -0.4 is 5.32 Å². The lowest BCUT2D eigenvalue weighted by molar-refractivity contribution is -0.384. The zero-order valence-electron chi connectivity index (χ0n) is 13.0. The molecule has 0 aromatic heterocycles. The molecule has 0 aliphatic heterocycles. The molecule has 24 heavy (non-hydrogen) atoms. The molecule has 0 unspecified atom stereocenters. The minimum Gasteiger partial charge on any atom is -0.465 e. The number of rotatable bonds is 6. The molecule has 0 radical (unpaired) electrons. The summed E-state index contributed by atoms with van der Waals surface area (Å²) in [6.45, 7) is 1.77. The average molecular weight is 328 g/mol. The maximum absolute atomic E-state index is 11.9. The highest BCUT2D eigenvalue weighted by Gasteiger charge is 2.09. The monoisotopic (exact) mass is 328 g/mol. The summed E-state index contributed by atoms with van der Waals surface area (Å²) in [5.74, 6) is -0.869. The van der Waals surface area contributed by atoms with Gasteiger partial charge in [-0.1, -0.05) is 12.1 Å². The van der Waals surface area contributed by atoms with E-state index < -0.39 is 10.9 Å². The van der Waals surface area contributed by atoms with Gasteiger partial charge < -0.3 is 10.1 Å². The number of non-ortho nitro benzene ring substituents is 1. The molecule has 124 valence electrons. The van der Waals surface area contributed by atoms with E-state index in [0.717, 1.165) is 11.1 Å². The summed E-state index contributed by atoms with van der Waals surface area (Å²) >= 11 is 0. The smallest absolute Gasteiger partial charge is 0.325 e. The van der Waals surface area contributed by atoms with Crippen LogP contribution in [0.2, 0.25) is 0 Å². The molecule has 7 heteroatoms. The van der Waals surface area contributed by atoms with Gasteiger partial charge in [-0.3, -0.25) is 19.7 Å². The maximum atomic E-state index is 11.9. The van der Waals surface area contributed by atoms with Gasteiger partial charge in [-0.25, -0.2) is 0 Å². The fourth-order valence-electron chi connectivity index (χ4n) is 2.06. The molecule has 0 saturated carbocycles. The van der Waals surface area contributed by atoms with Gasteiger partial charge >= 0.3 is 5.97 Å². The van der Waals surface area contributed by atoms with Crippen LogP contribution in [0.1, 0.15) is 17.3 Å². The second-order valence-corrected chi connectivity index (χ2v) is 4.87. The molecule has 2 aromatic rings. The second kappa shape index (κ2) is 7.87. The van der Waals surface area contributed by atoms with Gasteiger partial charge in [-0.05, 0) is 42.3 Å². The van der Waals surface area contributed by atoms with Crippen molar-refractivity contribution in [2.24, 2.45) is 0 Å². The van der Waals surface area contributed by atoms with Crippen LogP contribution in [0.15, 0.2) is 48.5 Å². The Morgan fingerprint density at radius 2 is 1.58 bits per heavy atom. The summed E-state index contributed by atoms with van der Waals surface area (Å²) in [4.78, 5) is 33.3. The summed E-state index contributed by atoms with van der Waals surface area (Å²) in [5, 5.41) is 13.1. The number of hydrogen-bond acceptors (Lipinski definition) is 5. The third kappa shape index (κ3) is 4.39. The fourth-order valence-corrected chi connectivity index (χ4v) is 2.06. The SMILES string of the molecule is CCOC(=O)CNC(=O)c1ccc(-c2ccc([N+](=O)[O-])cc2)cc1.